The smallest absolute Gasteiger partial charge is 0.209 e. The van der Waals surface area contributed by atoms with Crippen molar-refractivity contribution in [2.75, 3.05) is 5.75 Å². The number of hydrogen-bond acceptors (Lipinski definition) is 2. The molecule has 0 saturated carbocycles. The second kappa shape index (κ2) is 6.43. The van der Waals surface area contributed by atoms with Crippen molar-refractivity contribution in [3.8, 4) is 0 Å². The molecular formula is C8H21NO2S. The van der Waals surface area contributed by atoms with Gasteiger partial charge in [-0.3, -0.25) is 0 Å². The Balaban J connectivity index is 0. The van der Waals surface area contributed by atoms with Gasteiger partial charge < -0.3 is 0 Å². The van der Waals surface area contributed by atoms with Crippen LogP contribution in [0.3, 0.4) is 0 Å². The van der Waals surface area contributed by atoms with Crippen molar-refractivity contribution < 1.29 is 8.42 Å². The number of primary sulfonamides is 1. The molecule has 12 heavy (non-hydrogen) atoms. The lowest BCUT2D eigenvalue weighted by atomic mass is 10.3. The van der Waals surface area contributed by atoms with E-state index in [2.05, 4.69) is 20.8 Å². The quantitative estimate of drug-likeness (QED) is 0.727. The van der Waals surface area contributed by atoms with E-state index in [4.69, 9.17) is 5.14 Å². The summed E-state index contributed by atoms with van der Waals surface area (Å²) in [6, 6.07) is 0. The van der Waals surface area contributed by atoms with E-state index in [-0.39, 0.29) is 11.7 Å². The van der Waals surface area contributed by atoms with Gasteiger partial charge in [-0.2, -0.15) is 0 Å². The number of rotatable bonds is 2. The van der Waals surface area contributed by atoms with Crippen LogP contribution in [0.15, 0.2) is 0 Å². The molecule has 4 heteroatoms. The van der Waals surface area contributed by atoms with Crippen molar-refractivity contribution in [1.29, 1.82) is 0 Å². The molecule has 0 unspecified atom stereocenters. The highest BCUT2D eigenvalue weighted by atomic mass is 32.2. The van der Waals surface area contributed by atoms with Gasteiger partial charge in [0.2, 0.25) is 10.0 Å². The van der Waals surface area contributed by atoms with Crippen LogP contribution in [-0.4, -0.2) is 14.2 Å². The first-order chi connectivity index (χ1) is 5.15. The van der Waals surface area contributed by atoms with Crippen LogP contribution in [0.4, 0.5) is 0 Å². The summed E-state index contributed by atoms with van der Waals surface area (Å²) < 4.78 is 20.4. The standard InChI is InChI=1S/C4H11NO2S.C4H10/c1-4(2)3-8(5,6)7;1-4(2)3/h4H,3H2,1-2H3,(H2,5,6,7);4H,1-3H3. The Morgan fingerprint density at radius 1 is 1.08 bits per heavy atom. The van der Waals surface area contributed by atoms with Crippen molar-refractivity contribution in [2.24, 2.45) is 17.0 Å². The molecule has 0 heterocycles. The number of nitrogens with two attached hydrogens (primary N) is 1. The summed E-state index contributed by atoms with van der Waals surface area (Å²) in [4.78, 5) is 0. The zero-order valence-electron chi connectivity index (χ0n) is 8.66. The third-order valence-electron chi connectivity index (χ3n) is 0.566. The molecule has 0 aliphatic rings. The highest BCUT2D eigenvalue weighted by molar-refractivity contribution is 7.89. The topological polar surface area (TPSA) is 60.2 Å². The molecule has 0 atom stereocenters. The molecule has 0 aliphatic carbocycles. The van der Waals surface area contributed by atoms with Crippen LogP contribution in [0.1, 0.15) is 34.6 Å². The van der Waals surface area contributed by atoms with E-state index in [1.54, 1.807) is 0 Å². The normalized spacial score (nSPS) is 11.3. The van der Waals surface area contributed by atoms with Crippen LogP contribution in [0, 0.1) is 11.8 Å². The third kappa shape index (κ3) is 32.6. The molecular weight excluding hydrogens is 174 g/mol. The molecule has 0 amide bonds. The SMILES string of the molecule is CC(C)C.CC(C)CS(N)(=O)=O. The van der Waals surface area contributed by atoms with Crippen molar-refractivity contribution >= 4 is 10.0 Å². The molecule has 0 bridgehead atoms. The predicted octanol–water partition coefficient (Wildman–Crippen LogP) is 1.59. The molecule has 0 fully saturated rings. The molecule has 3 nitrogen and oxygen atoms in total. The Morgan fingerprint density at radius 2 is 1.33 bits per heavy atom. The molecule has 0 aliphatic heterocycles. The van der Waals surface area contributed by atoms with Gasteiger partial charge in [-0.25, -0.2) is 13.6 Å². The third-order valence-corrected chi connectivity index (χ3v) is 1.70. The number of sulfonamides is 1. The lowest BCUT2D eigenvalue weighted by molar-refractivity contribution is 0.584. The minimum Gasteiger partial charge on any atom is -0.229 e. The van der Waals surface area contributed by atoms with Crippen LogP contribution in [0.25, 0.3) is 0 Å². The summed E-state index contributed by atoms with van der Waals surface area (Å²) in [5.74, 6) is 1.04. The first-order valence-corrected chi connectivity index (χ1v) is 5.87. The molecule has 0 aromatic rings. The van der Waals surface area contributed by atoms with Crippen molar-refractivity contribution in [1.82, 2.24) is 0 Å². The van der Waals surface area contributed by atoms with Gasteiger partial charge in [-0.15, -0.1) is 0 Å². The maximum Gasteiger partial charge on any atom is 0.209 e. The minimum atomic E-state index is -3.22. The van der Waals surface area contributed by atoms with E-state index in [9.17, 15) is 8.42 Å². The minimum absolute atomic E-state index is 0.0764. The summed E-state index contributed by atoms with van der Waals surface area (Å²) in [6.07, 6.45) is 0. The van der Waals surface area contributed by atoms with Gasteiger partial charge in [0.1, 0.15) is 0 Å². The first kappa shape index (κ1) is 14.4. The van der Waals surface area contributed by atoms with Crippen molar-refractivity contribution in [2.45, 2.75) is 34.6 Å². The molecule has 0 saturated heterocycles. The molecule has 0 radical (unpaired) electrons. The van der Waals surface area contributed by atoms with Crippen LogP contribution >= 0.6 is 0 Å². The Morgan fingerprint density at radius 3 is 1.33 bits per heavy atom. The van der Waals surface area contributed by atoms with E-state index in [0.717, 1.165) is 5.92 Å². The second-order valence-electron chi connectivity index (χ2n) is 3.96. The van der Waals surface area contributed by atoms with Crippen molar-refractivity contribution in [3.05, 3.63) is 0 Å². The Labute approximate surface area is 76.4 Å². The fraction of sp³-hybridized carbons (Fsp3) is 1.00. The van der Waals surface area contributed by atoms with Crippen LogP contribution in [-0.2, 0) is 10.0 Å². The van der Waals surface area contributed by atoms with Gasteiger partial charge in [0.15, 0.2) is 0 Å². The lowest BCUT2D eigenvalue weighted by Gasteiger charge is -1.98. The van der Waals surface area contributed by atoms with E-state index >= 15 is 0 Å². The van der Waals surface area contributed by atoms with E-state index in [1.807, 2.05) is 13.8 Å². The molecule has 2 N–H and O–H groups in total. The summed E-state index contributed by atoms with van der Waals surface area (Å²) in [7, 11) is -3.22. The molecule has 0 aromatic heterocycles. The fourth-order valence-electron chi connectivity index (χ4n) is 0.465. The maximum absolute atomic E-state index is 10.2. The monoisotopic (exact) mass is 195 g/mol. The summed E-state index contributed by atoms with van der Waals surface area (Å²) in [5, 5.41) is 4.71. The first-order valence-electron chi connectivity index (χ1n) is 4.15. The Bertz CT molecular complexity index is 180. The molecule has 0 rings (SSSR count). The zero-order chi connectivity index (χ0) is 10.4. The maximum atomic E-state index is 10.2. The average molecular weight is 195 g/mol. The summed E-state index contributed by atoms with van der Waals surface area (Å²) in [5.41, 5.74) is 0. The zero-order valence-corrected chi connectivity index (χ0v) is 9.48. The van der Waals surface area contributed by atoms with Gasteiger partial charge in [-0.1, -0.05) is 34.6 Å². The van der Waals surface area contributed by atoms with E-state index < -0.39 is 10.0 Å². The van der Waals surface area contributed by atoms with Gasteiger partial charge >= 0.3 is 0 Å². The summed E-state index contributed by atoms with van der Waals surface area (Å²) in [6.45, 7) is 10.1. The molecule has 76 valence electrons. The molecule has 0 aromatic carbocycles. The summed E-state index contributed by atoms with van der Waals surface area (Å²) >= 11 is 0. The number of hydrogen-bond donors (Lipinski definition) is 1. The fourth-order valence-corrected chi connectivity index (χ4v) is 1.39. The van der Waals surface area contributed by atoms with Gasteiger partial charge in [0, 0.05) is 0 Å². The van der Waals surface area contributed by atoms with Gasteiger partial charge in [-0.05, 0) is 11.8 Å². The Hall–Kier alpha value is -0.0900. The average Bonchev–Trinajstić information content (AvgIpc) is 1.52. The lowest BCUT2D eigenvalue weighted by Crippen LogP contribution is -2.19. The molecule has 0 spiro atoms. The largest absolute Gasteiger partial charge is 0.229 e. The second-order valence-corrected chi connectivity index (χ2v) is 5.61. The highest BCUT2D eigenvalue weighted by Crippen LogP contribution is 1.93. The van der Waals surface area contributed by atoms with Crippen LogP contribution in [0.5, 0.6) is 0 Å². The van der Waals surface area contributed by atoms with E-state index in [1.165, 1.54) is 0 Å². The highest BCUT2D eigenvalue weighted by Gasteiger charge is 2.04. The Kier molecular flexibility index (Phi) is 7.73. The van der Waals surface area contributed by atoms with Crippen LogP contribution in [0.2, 0.25) is 0 Å². The van der Waals surface area contributed by atoms with E-state index in [0.29, 0.717) is 0 Å². The van der Waals surface area contributed by atoms with Gasteiger partial charge in [0.05, 0.1) is 5.75 Å². The van der Waals surface area contributed by atoms with Gasteiger partial charge in [0.25, 0.3) is 0 Å². The van der Waals surface area contributed by atoms with Crippen LogP contribution < -0.4 is 5.14 Å². The van der Waals surface area contributed by atoms with Crippen molar-refractivity contribution in [3.63, 3.8) is 0 Å². The predicted molar refractivity (Wildman–Crippen MR) is 53.3 cm³/mol.